The first-order valence-corrected chi connectivity index (χ1v) is 5.55. The van der Waals surface area contributed by atoms with Crippen molar-refractivity contribution in [3.63, 3.8) is 0 Å². The van der Waals surface area contributed by atoms with Crippen LogP contribution in [0.3, 0.4) is 0 Å². The van der Waals surface area contributed by atoms with Gasteiger partial charge in [-0.2, -0.15) is 0 Å². The minimum absolute atomic E-state index is 0.100. The molecular weight excluding hydrogens is 260 g/mol. The number of nitrogens with zero attached hydrogens (tertiary/aromatic N) is 1. The van der Waals surface area contributed by atoms with Crippen molar-refractivity contribution in [2.24, 2.45) is 0 Å². The third-order valence-corrected chi connectivity index (χ3v) is 2.96. The van der Waals surface area contributed by atoms with Crippen molar-refractivity contribution in [2.75, 3.05) is 0 Å². The van der Waals surface area contributed by atoms with Crippen LogP contribution >= 0.6 is 15.9 Å². The molecule has 1 aliphatic rings. The molecule has 0 bridgehead atoms. The molecule has 0 saturated heterocycles. The smallest absolute Gasteiger partial charge is 0.253 e. The Hall–Kier alpha value is -0.940. The van der Waals surface area contributed by atoms with Crippen LogP contribution in [0.25, 0.3) is 0 Å². The molecule has 5 heteroatoms. The molecule has 0 aliphatic heterocycles. The van der Waals surface area contributed by atoms with Gasteiger partial charge in [-0.15, -0.1) is 0 Å². The molecule has 1 amide bonds. The fourth-order valence-electron chi connectivity index (χ4n) is 1.44. The van der Waals surface area contributed by atoms with E-state index in [1.165, 1.54) is 6.20 Å². The molecule has 0 aromatic carbocycles. The fraction of sp³-hybridized carbons (Fsp3) is 0.400. The summed E-state index contributed by atoms with van der Waals surface area (Å²) in [5.41, 5.74) is 0.503. The quantitative estimate of drug-likeness (QED) is 0.846. The summed E-state index contributed by atoms with van der Waals surface area (Å²) < 4.78 is 0.768. The van der Waals surface area contributed by atoms with Crippen molar-refractivity contribution in [1.82, 2.24) is 10.3 Å². The van der Waals surface area contributed by atoms with Gasteiger partial charge in [-0.3, -0.25) is 9.78 Å². The fourth-order valence-corrected chi connectivity index (χ4v) is 1.80. The Kier molecular flexibility index (Phi) is 3.02. The van der Waals surface area contributed by atoms with E-state index in [9.17, 15) is 9.90 Å². The number of carbonyl (C=O) groups excluding carboxylic acids is 1. The summed E-state index contributed by atoms with van der Waals surface area (Å²) in [6, 6.07) is 1.60. The van der Waals surface area contributed by atoms with Gasteiger partial charge in [0.15, 0.2) is 0 Å². The molecule has 2 atom stereocenters. The first kappa shape index (κ1) is 10.6. The third kappa shape index (κ3) is 2.35. The van der Waals surface area contributed by atoms with Crippen molar-refractivity contribution in [1.29, 1.82) is 0 Å². The Balaban J connectivity index is 2.01. The summed E-state index contributed by atoms with van der Waals surface area (Å²) in [7, 11) is 0. The van der Waals surface area contributed by atoms with Crippen molar-refractivity contribution >= 4 is 21.8 Å². The standard InChI is InChI=1S/C10H11BrN2O2/c11-7-3-6(4-12-5-7)10(15)13-8-1-2-9(8)14/h3-5,8-9,14H,1-2H2,(H,13,15). The van der Waals surface area contributed by atoms with Crippen molar-refractivity contribution in [3.8, 4) is 0 Å². The second kappa shape index (κ2) is 4.28. The Morgan fingerprint density at radius 1 is 1.53 bits per heavy atom. The summed E-state index contributed by atoms with van der Waals surface area (Å²) in [5, 5.41) is 12.1. The monoisotopic (exact) mass is 270 g/mol. The maximum absolute atomic E-state index is 11.7. The first-order chi connectivity index (χ1) is 7.16. The van der Waals surface area contributed by atoms with Crippen LogP contribution in [0.5, 0.6) is 0 Å². The van der Waals surface area contributed by atoms with E-state index in [0.29, 0.717) is 5.56 Å². The number of halogens is 1. The van der Waals surface area contributed by atoms with Crippen molar-refractivity contribution in [3.05, 3.63) is 28.5 Å². The van der Waals surface area contributed by atoms with E-state index in [1.54, 1.807) is 12.3 Å². The van der Waals surface area contributed by atoms with E-state index in [2.05, 4.69) is 26.2 Å². The van der Waals surface area contributed by atoms with E-state index in [-0.39, 0.29) is 11.9 Å². The maximum Gasteiger partial charge on any atom is 0.253 e. The molecule has 2 unspecified atom stereocenters. The lowest BCUT2D eigenvalue weighted by Gasteiger charge is -2.32. The Labute approximate surface area is 95.8 Å². The molecule has 2 N–H and O–H groups in total. The molecule has 0 spiro atoms. The minimum atomic E-state index is -0.394. The number of rotatable bonds is 2. The van der Waals surface area contributed by atoms with Crippen LogP contribution < -0.4 is 5.32 Å². The van der Waals surface area contributed by atoms with Gasteiger partial charge in [0.25, 0.3) is 5.91 Å². The number of aromatic nitrogens is 1. The minimum Gasteiger partial charge on any atom is -0.391 e. The van der Waals surface area contributed by atoms with Crippen molar-refractivity contribution < 1.29 is 9.90 Å². The lowest BCUT2D eigenvalue weighted by molar-refractivity contribution is 0.0447. The summed E-state index contributed by atoms with van der Waals surface area (Å²) in [4.78, 5) is 15.6. The predicted molar refractivity (Wildman–Crippen MR) is 58.4 cm³/mol. The lowest BCUT2D eigenvalue weighted by atomic mass is 9.89. The van der Waals surface area contributed by atoms with Crippen LogP contribution in [0.15, 0.2) is 22.9 Å². The molecule has 15 heavy (non-hydrogen) atoms. The number of aliphatic hydroxyl groups excluding tert-OH is 1. The molecule has 80 valence electrons. The van der Waals surface area contributed by atoms with Gasteiger partial charge in [-0.25, -0.2) is 0 Å². The summed E-state index contributed by atoms with van der Waals surface area (Å²) in [6.45, 7) is 0. The van der Waals surface area contributed by atoms with E-state index in [0.717, 1.165) is 17.3 Å². The zero-order valence-electron chi connectivity index (χ0n) is 7.98. The van der Waals surface area contributed by atoms with E-state index in [1.807, 2.05) is 0 Å². The molecule has 2 rings (SSSR count). The van der Waals surface area contributed by atoms with Crippen LogP contribution in [0.4, 0.5) is 0 Å². The maximum atomic E-state index is 11.7. The molecule has 1 aromatic rings. The van der Waals surface area contributed by atoms with Crippen LogP contribution in [0.1, 0.15) is 23.2 Å². The molecule has 1 fully saturated rings. The van der Waals surface area contributed by atoms with E-state index < -0.39 is 6.10 Å². The number of nitrogens with one attached hydrogen (secondary N) is 1. The highest BCUT2D eigenvalue weighted by Crippen LogP contribution is 2.20. The Bertz CT molecular complexity index is 383. The van der Waals surface area contributed by atoms with Gasteiger partial charge in [0.1, 0.15) is 0 Å². The molecule has 1 aliphatic carbocycles. The predicted octanol–water partition coefficient (Wildman–Crippen LogP) is 1.10. The van der Waals surface area contributed by atoms with E-state index in [4.69, 9.17) is 0 Å². The highest BCUT2D eigenvalue weighted by molar-refractivity contribution is 9.10. The lowest BCUT2D eigenvalue weighted by Crippen LogP contribution is -2.50. The topological polar surface area (TPSA) is 62.2 Å². The second-order valence-electron chi connectivity index (χ2n) is 3.62. The molecule has 1 heterocycles. The SMILES string of the molecule is O=C(NC1CCC1O)c1cncc(Br)c1. The number of hydrogen-bond acceptors (Lipinski definition) is 3. The summed E-state index contributed by atoms with van der Waals surface area (Å²) in [6.07, 6.45) is 4.34. The van der Waals surface area contributed by atoms with Crippen molar-refractivity contribution in [2.45, 2.75) is 25.0 Å². The highest BCUT2D eigenvalue weighted by Gasteiger charge is 2.30. The van der Waals surface area contributed by atoms with Gasteiger partial charge in [-0.1, -0.05) is 0 Å². The normalized spacial score (nSPS) is 24.4. The molecule has 1 aromatic heterocycles. The average molecular weight is 271 g/mol. The first-order valence-electron chi connectivity index (χ1n) is 4.76. The number of carbonyl (C=O) groups is 1. The number of amides is 1. The van der Waals surface area contributed by atoms with Gasteiger partial charge < -0.3 is 10.4 Å². The van der Waals surface area contributed by atoms with Gasteiger partial charge in [0.05, 0.1) is 17.7 Å². The zero-order valence-corrected chi connectivity index (χ0v) is 9.57. The average Bonchev–Trinajstić information content (AvgIpc) is 2.23. The van der Waals surface area contributed by atoms with Gasteiger partial charge in [0.2, 0.25) is 0 Å². The highest BCUT2D eigenvalue weighted by atomic mass is 79.9. The molecular formula is C10H11BrN2O2. The Morgan fingerprint density at radius 3 is 2.87 bits per heavy atom. The van der Waals surface area contributed by atoms with Crippen LogP contribution in [0.2, 0.25) is 0 Å². The molecule has 1 saturated carbocycles. The van der Waals surface area contributed by atoms with Gasteiger partial charge >= 0.3 is 0 Å². The summed E-state index contributed by atoms with van der Waals surface area (Å²) >= 11 is 3.25. The van der Waals surface area contributed by atoms with Crippen LogP contribution in [-0.2, 0) is 0 Å². The zero-order chi connectivity index (χ0) is 10.8. The van der Waals surface area contributed by atoms with E-state index >= 15 is 0 Å². The number of hydrogen-bond donors (Lipinski definition) is 2. The molecule has 4 nitrogen and oxygen atoms in total. The van der Waals surface area contributed by atoms with Crippen LogP contribution in [0, 0.1) is 0 Å². The van der Waals surface area contributed by atoms with Gasteiger partial charge in [0, 0.05) is 16.9 Å². The number of aliphatic hydroxyl groups is 1. The summed E-state index contributed by atoms with van der Waals surface area (Å²) in [5.74, 6) is -0.187. The third-order valence-electron chi connectivity index (χ3n) is 2.52. The Morgan fingerprint density at radius 2 is 2.33 bits per heavy atom. The second-order valence-corrected chi connectivity index (χ2v) is 4.53. The van der Waals surface area contributed by atoms with Crippen LogP contribution in [-0.4, -0.2) is 28.1 Å². The molecule has 0 radical (unpaired) electrons. The van der Waals surface area contributed by atoms with Gasteiger partial charge in [-0.05, 0) is 34.8 Å². The number of pyridine rings is 1. The largest absolute Gasteiger partial charge is 0.391 e.